The summed E-state index contributed by atoms with van der Waals surface area (Å²) in [6.07, 6.45) is 17.3. The van der Waals surface area contributed by atoms with Crippen LogP contribution in [-0.4, -0.2) is 24.3 Å². The summed E-state index contributed by atoms with van der Waals surface area (Å²) < 4.78 is 11.0. The maximum atomic E-state index is 12.2. The molecule has 0 N–H and O–H groups in total. The van der Waals surface area contributed by atoms with Crippen molar-refractivity contribution in [2.45, 2.75) is 122 Å². The van der Waals surface area contributed by atoms with Gasteiger partial charge in [-0.05, 0) is 26.2 Å². The quantitative estimate of drug-likeness (QED) is 0.191. The lowest BCUT2D eigenvalue weighted by Crippen LogP contribution is -2.30. The van der Waals surface area contributed by atoms with Crippen LogP contribution in [0.3, 0.4) is 0 Å². The molecule has 0 aromatic rings. The number of ether oxygens (including phenoxy) is 2. The molecule has 2 atom stereocenters. The Morgan fingerprint density at radius 1 is 0.917 bits per heavy atom. The van der Waals surface area contributed by atoms with Gasteiger partial charge in [-0.3, -0.25) is 0 Å². The molecule has 3 heteroatoms. The van der Waals surface area contributed by atoms with E-state index in [0.717, 1.165) is 32.1 Å². The van der Waals surface area contributed by atoms with Crippen molar-refractivity contribution in [1.82, 2.24) is 0 Å². The van der Waals surface area contributed by atoms with Crippen LogP contribution in [0.4, 0.5) is 0 Å². The number of carbonyl (C=O) groups is 1. The van der Waals surface area contributed by atoms with E-state index in [1.54, 1.807) is 0 Å². The van der Waals surface area contributed by atoms with E-state index in [9.17, 15) is 4.79 Å². The molecule has 1 aliphatic heterocycles. The summed E-state index contributed by atoms with van der Waals surface area (Å²) in [6.45, 7) is 6.97. The van der Waals surface area contributed by atoms with Crippen LogP contribution in [-0.2, 0) is 14.3 Å². The largest absolute Gasteiger partial charge is 0.460 e. The average molecular weight is 341 g/mol. The van der Waals surface area contributed by atoms with Gasteiger partial charge in [0.2, 0.25) is 0 Å². The molecule has 1 saturated heterocycles. The summed E-state index contributed by atoms with van der Waals surface area (Å²) in [5.74, 6) is -0.129. The van der Waals surface area contributed by atoms with Crippen LogP contribution in [0.2, 0.25) is 0 Å². The molecule has 0 spiro atoms. The monoisotopic (exact) mass is 340 g/mol. The Balaban J connectivity index is 1.95. The third-order valence-electron chi connectivity index (χ3n) is 5.07. The highest BCUT2D eigenvalue weighted by Crippen LogP contribution is 2.34. The number of esters is 1. The molecule has 1 fully saturated rings. The lowest BCUT2D eigenvalue weighted by Gasteiger charge is -2.16. The molecule has 142 valence electrons. The van der Waals surface area contributed by atoms with Crippen molar-refractivity contribution < 1.29 is 14.3 Å². The van der Waals surface area contributed by atoms with Gasteiger partial charge in [-0.25, -0.2) is 4.79 Å². The molecule has 0 aromatic heterocycles. The van der Waals surface area contributed by atoms with Crippen molar-refractivity contribution >= 4 is 5.97 Å². The number of carbonyl (C=O) groups excluding carboxylic acids is 1. The van der Waals surface area contributed by atoms with Crippen LogP contribution < -0.4 is 0 Å². The fourth-order valence-corrected chi connectivity index (χ4v) is 3.18. The molecule has 2 unspecified atom stereocenters. The van der Waals surface area contributed by atoms with Crippen LogP contribution >= 0.6 is 0 Å². The molecule has 0 amide bonds. The van der Waals surface area contributed by atoms with Gasteiger partial charge in [-0.1, -0.05) is 84.5 Å². The minimum absolute atomic E-state index is 0.0224. The highest BCUT2D eigenvalue weighted by molar-refractivity contribution is 5.82. The zero-order valence-electron chi connectivity index (χ0n) is 16.4. The van der Waals surface area contributed by atoms with Gasteiger partial charge >= 0.3 is 5.97 Å². The third-order valence-corrected chi connectivity index (χ3v) is 5.07. The fraction of sp³-hybridized carbons (Fsp3) is 0.952. The van der Waals surface area contributed by atoms with Crippen molar-refractivity contribution in [3.05, 3.63) is 0 Å². The molecule has 1 heterocycles. The molecule has 0 aliphatic carbocycles. The summed E-state index contributed by atoms with van der Waals surface area (Å²) in [5, 5.41) is 0. The lowest BCUT2D eigenvalue weighted by molar-refractivity contribution is -0.155. The fourth-order valence-electron chi connectivity index (χ4n) is 3.18. The van der Waals surface area contributed by atoms with Crippen molar-refractivity contribution in [2.24, 2.45) is 0 Å². The number of hydrogen-bond acceptors (Lipinski definition) is 3. The Bertz CT molecular complexity index is 323. The number of epoxide rings is 1. The van der Waals surface area contributed by atoms with E-state index in [0.29, 0.717) is 6.61 Å². The third kappa shape index (κ3) is 9.05. The summed E-state index contributed by atoms with van der Waals surface area (Å²) in [4.78, 5) is 12.2. The smallest absolute Gasteiger partial charge is 0.341 e. The average Bonchev–Trinajstić information content (AvgIpc) is 3.36. The molecule has 1 rings (SSSR count). The van der Waals surface area contributed by atoms with Crippen molar-refractivity contribution in [3.8, 4) is 0 Å². The topological polar surface area (TPSA) is 38.8 Å². The van der Waals surface area contributed by atoms with Crippen LogP contribution in [0.25, 0.3) is 0 Å². The maximum Gasteiger partial charge on any atom is 0.341 e. The first-order chi connectivity index (χ1) is 11.6. The lowest BCUT2D eigenvalue weighted by atomic mass is 10.0. The summed E-state index contributed by atoms with van der Waals surface area (Å²) in [5.41, 5.74) is -0.581. The van der Waals surface area contributed by atoms with E-state index in [1.165, 1.54) is 57.8 Å². The van der Waals surface area contributed by atoms with E-state index in [-0.39, 0.29) is 12.1 Å². The highest BCUT2D eigenvalue weighted by atomic mass is 16.6. The standard InChI is InChI=1S/C21H40O3/c1-4-6-8-9-10-11-12-13-14-15-16-19(3)24-20(22)21(18-23-21)17-7-5-2/h19H,4-18H2,1-3H3. The van der Waals surface area contributed by atoms with Gasteiger partial charge in [0.1, 0.15) is 0 Å². The Kier molecular flexibility index (Phi) is 11.4. The minimum atomic E-state index is -0.581. The first-order valence-corrected chi connectivity index (χ1v) is 10.5. The van der Waals surface area contributed by atoms with Crippen molar-refractivity contribution in [3.63, 3.8) is 0 Å². The predicted molar refractivity (Wildman–Crippen MR) is 100 cm³/mol. The highest BCUT2D eigenvalue weighted by Gasteiger charge is 2.53. The first kappa shape index (κ1) is 21.5. The Labute approximate surface area is 149 Å². The van der Waals surface area contributed by atoms with Crippen LogP contribution in [0.15, 0.2) is 0 Å². The molecule has 24 heavy (non-hydrogen) atoms. The molecule has 0 bridgehead atoms. The Morgan fingerprint density at radius 2 is 1.42 bits per heavy atom. The SMILES string of the molecule is CCCCCCCCCCCCC(C)OC(=O)C1(CCCC)CO1. The predicted octanol–water partition coefficient (Wildman–Crippen LogP) is 6.19. The second-order valence-electron chi connectivity index (χ2n) is 7.57. The minimum Gasteiger partial charge on any atom is -0.460 e. The number of unbranched alkanes of at least 4 members (excludes halogenated alkanes) is 10. The first-order valence-electron chi connectivity index (χ1n) is 10.5. The van der Waals surface area contributed by atoms with E-state index in [2.05, 4.69) is 13.8 Å². The zero-order chi connectivity index (χ0) is 17.7. The van der Waals surface area contributed by atoms with Gasteiger partial charge in [0, 0.05) is 0 Å². The van der Waals surface area contributed by atoms with Crippen molar-refractivity contribution in [1.29, 1.82) is 0 Å². The number of rotatable bonds is 16. The van der Waals surface area contributed by atoms with E-state index >= 15 is 0 Å². The van der Waals surface area contributed by atoms with Gasteiger partial charge in [-0.2, -0.15) is 0 Å². The van der Waals surface area contributed by atoms with E-state index < -0.39 is 5.60 Å². The second-order valence-corrected chi connectivity index (χ2v) is 7.57. The second kappa shape index (κ2) is 12.7. The normalized spacial score (nSPS) is 20.8. The molecule has 1 aliphatic rings. The van der Waals surface area contributed by atoms with Gasteiger partial charge in [-0.15, -0.1) is 0 Å². The molecule has 0 aromatic carbocycles. The van der Waals surface area contributed by atoms with Crippen LogP contribution in [0.5, 0.6) is 0 Å². The van der Waals surface area contributed by atoms with Gasteiger partial charge in [0.05, 0.1) is 12.7 Å². The van der Waals surface area contributed by atoms with Crippen LogP contribution in [0, 0.1) is 0 Å². The van der Waals surface area contributed by atoms with Gasteiger partial charge in [0.15, 0.2) is 5.60 Å². The maximum absolute atomic E-state index is 12.2. The van der Waals surface area contributed by atoms with Gasteiger partial charge in [0.25, 0.3) is 0 Å². The molecular weight excluding hydrogens is 300 g/mol. The van der Waals surface area contributed by atoms with Crippen molar-refractivity contribution in [2.75, 3.05) is 6.61 Å². The number of hydrogen-bond donors (Lipinski definition) is 0. The van der Waals surface area contributed by atoms with Gasteiger partial charge < -0.3 is 9.47 Å². The Morgan fingerprint density at radius 3 is 1.92 bits per heavy atom. The Hall–Kier alpha value is -0.570. The molecular formula is C21H40O3. The molecule has 0 saturated carbocycles. The zero-order valence-corrected chi connectivity index (χ0v) is 16.4. The summed E-state index contributed by atoms with van der Waals surface area (Å²) in [7, 11) is 0. The van der Waals surface area contributed by atoms with E-state index in [4.69, 9.17) is 9.47 Å². The van der Waals surface area contributed by atoms with E-state index in [1.807, 2.05) is 6.92 Å². The molecule has 0 radical (unpaired) electrons. The summed E-state index contributed by atoms with van der Waals surface area (Å²) >= 11 is 0. The molecule has 3 nitrogen and oxygen atoms in total. The summed E-state index contributed by atoms with van der Waals surface area (Å²) in [6, 6.07) is 0. The van der Waals surface area contributed by atoms with Crippen LogP contribution in [0.1, 0.15) is 111 Å².